The Hall–Kier alpha value is -3.15. The highest BCUT2D eigenvalue weighted by atomic mass is 16.2. The Bertz CT molecular complexity index is 935. The first-order valence-electron chi connectivity index (χ1n) is 10.0. The Kier molecular flexibility index (Phi) is 5.34. The van der Waals surface area contributed by atoms with Crippen LogP contribution in [0.3, 0.4) is 0 Å². The molecule has 1 atom stereocenters. The van der Waals surface area contributed by atoms with Crippen LogP contribution < -0.4 is 10.6 Å². The lowest BCUT2D eigenvalue weighted by atomic mass is 10.1. The number of carbonyl (C=O) groups excluding carboxylic acids is 3. The maximum absolute atomic E-state index is 12.8. The number of likely N-dealkylation sites (tertiary alicyclic amines) is 1. The number of benzene rings is 2. The number of amides is 3. The summed E-state index contributed by atoms with van der Waals surface area (Å²) in [5, 5.41) is 5.81. The van der Waals surface area contributed by atoms with E-state index >= 15 is 0 Å². The fraction of sp³-hybridized carbons (Fsp3) is 0.348. The first-order chi connectivity index (χ1) is 14.0. The minimum atomic E-state index is -0.424. The van der Waals surface area contributed by atoms with E-state index in [1.54, 1.807) is 29.2 Å². The van der Waals surface area contributed by atoms with Gasteiger partial charge in [-0.3, -0.25) is 14.4 Å². The molecule has 0 bridgehead atoms. The number of para-hydroxylation sites is 1. The van der Waals surface area contributed by atoms with Crippen molar-refractivity contribution in [3.8, 4) is 0 Å². The molecule has 2 N–H and O–H groups in total. The lowest BCUT2D eigenvalue weighted by Gasteiger charge is -2.17. The van der Waals surface area contributed by atoms with Crippen molar-refractivity contribution >= 4 is 23.4 Å². The maximum Gasteiger partial charge on any atom is 0.253 e. The van der Waals surface area contributed by atoms with Crippen LogP contribution in [0.5, 0.6) is 0 Å². The van der Waals surface area contributed by atoms with E-state index in [1.165, 1.54) is 5.56 Å². The molecule has 6 heteroatoms. The van der Waals surface area contributed by atoms with Crippen LogP contribution in [0.4, 0.5) is 5.69 Å². The third-order valence-corrected chi connectivity index (χ3v) is 5.42. The molecule has 0 aromatic heterocycles. The molecular formula is C23H25N3O3. The van der Waals surface area contributed by atoms with Gasteiger partial charge in [-0.05, 0) is 37.5 Å². The number of anilines is 1. The average Bonchev–Trinajstić information content (AvgIpc) is 3.45. The van der Waals surface area contributed by atoms with Crippen LogP contribution in [0.2, 0.25) is 0 Å². The smallest absolute Gasteiger partial charge is 0.253 e. The molecule has 2 fully saturated rings. The Morgan fingerprint density at radius 3 is 2.52 bits per heavy atom. The van der Waals surface area contributed by atoms with E-state index < -0.39 is 5.92 Å². The van der Waals surface area contributed by atoms with Gasteiger partial charge in [0.2, 0.25) is 11.8 Å². The SMILES string of the molecule is Cc1ccc(CN2CC(C(=O)Nc3ccccc3C(=O)NC3CC3)CC2=O)cc1. The average molecular weight is 391 g/mol. The number of nitrogens with zero attached hydrogens (tertiary/aromatic N) is 1. The molecule has 1 aliphatic heterocycles. The number of carbonyl (C=O) groups is 3. The molecule has 2 aliphatic rings. The maximum atomic E-state index is 12.8. The van der Waals surface area contributed by atoms with Gasteiger partial charge in [-0.25, -0.2) is 0 Å². The second-order valence-electron chi connectivity index (χ2n) is 7.94. The van der Waals surface area contributed by atoms with Gasteiger partial charge in [0, 0.05) is 25.6 Å². The van der Waals surface area contributed by atoms with Gasteiger partial charge in [0.25, 0.3) is 5.91 Å². The predicted octanol–water partition coefficient (Wildman–Crippen LogP) is 2.87. The molecule has 6 nitrogen and oxygen atoms in total. The van der Waals surface area contributed by atoms with Gasteiger partial charge in [-0.1, -0.05) is 42.0 Å². The Morgan fingerprint density at radius 2 is 1.79 bits per heavy atom. The van der Waals surface area contributed by atoms with Crippen LogP contribution in [0, 0.1) is 12.8 Å². The Morgan fingerprint density at radius 1 is 1.07 bits per heavy atom. The fourth-order valence-electron chi connectivity index (χ4n) is 3.53. The highest BCUT2D eigenvalue weighted by molar-refractivity contribution is 6.05. The monoisotopic (exact) mass is 391 g/mol. The van der Waals surface area contributed by atoms with Crippen LogP contribution >= 0.6 is 0 Å². The zero-order chi connectivity index (χ0) is 20.4. The number of hydrogen-bond donors (Lipinski definition) is 2. The molecule has 3 amide bonds. The van der Waals surface area contributed by atoms with Crippen molar-refractivity contribution in [2.24, 2.45) is 5.92 Å². The Labute approximate surface area is 170 Å². The summed E-state index contributed by atoms with van der Waals surface area (Å²) in [6, 6.07) is 15.3. The summed E-state index contributed by atoms with van der Waals surface area (Å²) in [6.45, 7) is 2.91. The molecule has 1 saturated carbocycles. The van der Waals surface area contributed by atoms with Gasteiger partial charge >= 0.3 is 0 Å². The standard InChI is InChI=1S/C23H25N3O3/c1-15-6-8-16(9-7-15)13-26-14-17(12-21(26)27)22(28)25-20-5-3-2-4-19(20)23(29)24-18-10-11-18/h2-9,17-18H,10-14H2,1H3,(H,24,29)(H,25,28). The molecule has 0 radical (unpaired) electrons. The zero-order valence-corrected chi connectivity index (χ0v) is 16.5. The summed E-state index contributed by atoms with van der Waals surface area (Å²) in [6.07, 6.45) is 2.19. The molecule has 2 aromatic rings. The van der Waals surface area contributed by atoms with Crippen molar-refractivity contribution in [2.45, 2.75) is 38.8 Å². The van der Waals surface area contributed by atoms with Gasteiger partial charge in [0.05, 0.1) is 17.2 Å². The van der Waals surface area contributed by atoms with Crippen molar-refractivity contribution in [3.05, 3.63) is 65.2 Å². The van der Waals surface area contributed by atoms with Crippen LogP contribution in [0.25, 0.3) is 0 Å². The van der Waals surface area contributed by atoms with Crippen molar-refractivity contribution < 1.29 is 14.4 Å². The molecule has 150 valence electrons. The number of hydrogen-bond acceptors (Lipinski definition) is 3. The van der Waals surface area contributed by atoms with E-state index in [9.17, 15) is 14.4 Å². The van der Waals surface area contributed by atoms with E-state index in [4.69, 9.17) is 0 Å². The van der Waals surface area contributed by atoms with Crippen LogP contribution in [-0.2, 0) is 16.1 Å². The first kappa shape index (κ1) is 19.2. The third kappa shape index (κ3) is 4.65. The number of nitrogens with one attached hydrogen (secondary N) is 2. The molecule has 0 spiro atoms. The largest absolute Gasteiger partial charge is 0.349 e. The van der Waals surface area contributed by atoms with Crippen molar-refractivity contribution in [1.82, 2.24) is 10.2 Å². The molecule has 1 unspecified atom stereocenters. The van der Waals surface area contributed by atoms with Gasteiger partial charge in [-0.2, -0.15) is 0 Å². The van der Waals surface area contributed by atoms with Gasteiger partial charge < -0.3 is 15.5 Å². The van der Waals surface area contributed by atoms with Crippen LogP contribution in [-0.4, -0.2) is 35.2 Å². The van der Waals surface area contributed by atoms with Gasteiger partial charge in [-0.15, -0.1) is 0 Å². The van der Waals surface area contributed by atoms with Crippen molar-refractivity contribution in [1.29, 1.82) is 0 Å². The van der Waals surface area contributed by atoms with Gasteiger partial charge in [0.15, 0.2) is 0 Å². The van der Waals surface area contributed by atoms with Crippen LogP contribution in [0.15, 0.2) is 48.5 Å². The summed E-state index contributed by atoms with van der Waals surface area (Å²) < 4.78 is 0. The van der Waals surface area contributed by atoms with E-state index in [2.05, 4.69) is 10.6 Å². The molecule has 1 aliphatic carbocycles. The molecule has 29 heavy (non-hydrogen) atoms. The first-order valence-corrected chi connectivity index (χ1v) is 10.0. The lowest BCUT2D eigenvalue weighted by molar-refractivity contribution is -0.128. The Balaban J connectivity index is 1.39. The summed E-state index contributed by atoms with van der Waals surface area (Å²) in [5.41, 5.74) is 3.16. The molecule has 4 rings (SSSR count). The second kappa shape index (κ2) is 8.07. The topological polar surface area (TPSA) is 78.5 Å². The molecule has 2 aromatic carbocycles. The van der Waals surface area contributed by atoms with Crippen LogP contribution in [0.1, 0.15) is 40.7 Å². The summed E-state index contributed by atoms with van der Waals surface area (Å²) >= 11 is 0. The number of rotatable bonds is 6. The molecule has 1 heterocycles. The minimum Gasteiger partial charge on any atom is -0.349 e. The van der Waals surface area contributed by atoms with E-state index in [1.807, 2.05) is 31.2 Å². The third-order valence-electron chi connectivity index (χ3n) is 5.42. The zero-order valence-electron chi connectivity index (χ0n) is 16.5. The normalized spacial score (nSPS) is 18.6. The number of aryl methyl sites for hydroxylation is 1. The van der Waals surface area contributed by atoms with E-state index in [0.717, 1.165) is 18.4 Å². The van der Waals surface area contributed by atoms with E-state index in [-0.39, 0.29) is 30.2 Å². The second-order valence-corrected chi connectivity index (χ2v) is 7.94. The quantitative estimate of drug-likeness (QED) is 0.795. The molecule has 1 saturated heterocycles. The van der Waals surface area contributed by atoms with Gasteiger partial charge in [0.1, 0.15) is 0 Å². The van der Waals surface area contributed by atoms with E-state index in [0.29, 0.717) is 24.3 Å². The predicted molar refractivity (Wildman–Crippen MR) is 110 cm³/mol. The van der Waals surface area contributed by atoms with Crippen molar-refractivity contribution in [3.63, 3.8) is 0 Å². The minimum absolute atomic E-state index is 0.0227. The fourth-order valence-corrected chi connectivity index (χ4v) is 3.53. The lowest BCUT2D eigenvalue weighted by Crippen LogP contribution is -2.30. The molecular weight excluding hydrogens is 366 g/mol. The summed E-state index contributed by atoms with van der Waals surface area (Å²) in [4.78, 5) is 39.3. The summed E-state index contributed by atoms with van der Waals surface area (Å²) in [7, 11) is 0. The summed E-state index contributed by atoms with van der Waals surface area (Å²) in [5.74, 6) is -0.846. The highest BCUT2D eigenvalue weighted by Gasteiger charge is 2.34. The highest BCUT2D eigenvalue weighted by Crippen LogP contribution is 2.24. The van der Waals surface area contributed by atoms with Crippen molar-refractivity contribution in [2.75, 3.05) is 11.9 Å².